The maximum atomic E-state index is 12.5. The zero-order chi connectivity index (χ0) is 14.8. The van der Waals surface area contributed by atoms with Crippen LogP contribution in [0.3, 0.4) is 0 Å². The zero-order valence-electron chi connectivity index (χ0n) is 12.0. The van der Waals surface area contributed by atoms with Crippen molar-refractivity contribution in [1.82, 2.24) is 5.32 Å². The molecule has 0 heterocycles. The van der Waals surface area contributed by atoms with Gasteiger partial charge < -0.3 is 10.4 Å². The average molecular weight is 275 g/mol. The first kappa shape index (κ1) is 14.6. The van der Waals surface area contributed by atoms with Crippen LogP contribution in [-0.2, 0) is 15.0 Å². The number of carbonyl (C=O) groups is 2. The summed E-state index contributed by atoms with van der Waals surface area (Å²) in [6, 6.07) is 7.12. The van der Waals surface area contributed by atoms with Gasteiger partial charge in [0, 0.05) is 0 Å². The molecule has 1 fully saturated rings. The number of carbonyl (C=O) groups excluding carboxylic acids is 1. The summed E-state index contributed by atoms with van der Waals surface area (Å²) in [6.07, 6.45) is 2.78. The van der Waals surface area contributed by atoms with Crippen LogP contribution in [0.25, 0.3) is 0 Å². The topological polar surface area (TPSA) is 66.4 Å². The normalized spacial score (nSPS) is 17.3. The predicted molar refractivity (Wildman–Crippen MR) is 76.6 cm³/mol. The first-order valence-electron chi connectivity index (χ1n) is 7.10. The number of carboxylic acid groups (broad SMARTS) is 1. The lowest BCUT2D eigenvalue weighted by molar-refractivity contribution is -0.142. The van der Waals surface area contributed by atoms with Crippen molar-refractivity contribution in [2.45, 2.75) is 51.0 Å². The van der Waals surface area contributed by atoms with Gasteiger partial charge in [-0.15, -0.1) is 0 Å². The largest absolute Gasteiger partial charge is 0.480 e. The molecule has 1 saturated carbocycles. The summed E-state index contributed by atoms with van der Waals surface area (Å²) in [5.74, 6) is -1.11. The minimum Gasteiger partial charge on any atom is -0.480 e. The van der Waals surface area contributed by atoms with E-state index >= 15 is 0 Å². The number of aliphatic carboxylic acids is 1. The number of rotatable bonds is 6. The molecule has 1 aromatic rings. The quantitative estimate of drug-likeness (QED) is 0.837. The molecule has 4 nitrogen and oxygen atoms in total. The molecule has 0 aromatic heterocycles. The van der Waals surface area contributed by atoms with Crippen molar-refractivity contribution >= 4 is 11.9 Å². The molecule has 20 heavy (non-hydrogen) atoms. The number of amides is 1. The highest BCUT2D eigenvalue weighted by atomic mass is 16.4. The Morgan fingerprint density at radius 2 is 2.10 bits per heavy atom. The van der Waals surface area contributed by atoms with Crippen LogP contribution in [0.1, 0.15) is 43.7 Å². The van der Waals surface area contributed by atoms with Crippen molar-refractivity contribution in [3.8, 4) is 0 Å². The van der Waals surface area contributed by atoms with Crippen molar-refractivity contribution in [3.05, 3.63) is 35.4 Å². The maximum absolute atomic E-state index is 12.5. The smallest absolute Gasteiger partial charge is 0.326 e. The minimum absolute atomic E-state index is 0.149. The van der Waals surface area contributed by atoms with E-state index in [4.69, 9.17) is 5.11 Å². The standard InChI is InChI=1S/C16H21NO3/c1-3-5-13(14(18)19)17-15(20)16(8-9-16)12-7-4-6-11(2)10-12/h4,6-7,10,13H,3,5,8-9H2,1-2H3,(H,17,20)(H,18,19). The Labute approximate surface area is 119 Å². The van der Waals surface area contributed by atoms with Crippen molar-refractivity contribution in [1.29, 1.82) is 0 Å². The number of hydrogen-bond donors (Lipinski definition) is 2. The molecule has 1 atom stereocenters. The lowest BCUT2D eigenvalue weighted by atomic mass is 9.93. The third-order valence-electron chi connectivity index (χ3n) is 3.94. The monoisotopic (exact) mass is 275 g/mol. The van der Waals surface area contributed by atoms with E-state index in [0.29, 0.717) is 6.42 Å². The van der Waals surface area contributed by atoms with Gasteiger partial charge in [-0.25, -0.2) is 4.79 Å². The molecule has 2 N–H and O–H groups in total. The van der Waals surface area contributed by atoms with E-state index in [0.717, 1.165) is 30.4 Å². The summed E-state index contributed by atoms with van der Waals surface area (Å²) < 4.78 is 0. The molecule has 1 aromatic carbocycles. The van der Waals surface area contributed by atoms with E-state index in [1.165, 1.54) is 0 Å². The maximum Gasteiger partial charge on any atom is 0.326 e. The Kier molecular flexibility index (Phi) is 4.12. The van der Waals surface area contributed by atoms with Crippen molar-refractivity contribution < 1.29 is 14.7 Å². The molecule has 0 radical (unpaired) electrons. The Morgan fingerprint density at radius 3 is 2.60 bits per heavy atom. The van der Waals surface area contributed by atoms with Crippen LogP contribution in [0.2, 0.25) is 0 Å². The number of carboxylic acids is 1. The molecular weight excluding hydrogens is 254 g/mol. The molecular formula is C16H21NO3. The van der Waals surface area contributed by atoms with Crippen LogP contribution in [0.15, 0.2) is 24.3 Å². The third kappa shape index (κ3) is 2.84. The molecule has 1 aliphatic carbocycles. The summed E-state index contributed by atoms with van der Waals surface area (Å²) in [5, 5.41) is 11.8. The van der Waals surface area contributed by atoms with E-state index in [2.05, 4.69) is 5.32 Å². The van der Waals surface area contributed by atoms with Gasteiger partial charge in [-0.1, -0.05) is 43.2 Å². The van der Waals surface area contributed by atoms with Crippen LogP contribution < -0.4 is 5.32 Å². The van der Waals surface area contributed by atoms with Gasteiger partial charge in [0.15, 0.2) is 0 Å². The Hall–Kier alpha value is -1.84. The van der Waals surface area contributed by atoms with E-state index < -0.39 is 17.4 Å². The number of hydrogen-bond acceptors (Lipinski definition) is 2. The summed E-state index contributed by atoms with van der Waals surface area (Å²) in [4.78, 5) is 23.6. The third-order valence-corrected chi connectivity index (χ3v) is 3.94. The number of benzene rings is 1. The van der Waals surface area contributed by atoms with Crippen LogP contribution in [0, 0.1) is 6.92 Å². The van der Waals surface area contributed by atoms with Gasteiger partial charge in [0.05, 0.1) is 5.41 Å². The molecule has 0 bridgehead atoms. The lowest BCUT2D eigenvalue weighted by Crippen LogP contribution is -2.45. The second-order valence-electron chi connectivity index (χ2n) is 5.60. The zero-order valence-corrected chi connectivity index (χ0v) is 12.0. The van der Waals surface area contributed by atoms with E-state index in [-0.39, 0.29) is 5.91 Å². The molecule has 1 amide bonds. The van der Waals surface area contributed by atoms with Gasteiger partial charge >= 0.3 is 5.97 Å². The van der Waals surface area contributed by atoms with Gasteiger partial charge in [-0.05, 0) is 31.7 Å². The molecule has 1 aliphatic rings. The molecule has 0 spiro atoms. The van der Waals surface area contributed by atoms with Gasteiger partial charge in [0.25, 0.3) is 0 Å². The highest BCUT2D eigenvalue weighted by Gasteiger charge is 2.51. The second-order valence-corrected chi connectivity index (χ2v) is 5.60. The van der Waals surface area contributed by atoms with Crippen LogP contribution >= 0.6 is 0 Å². The first-order chi connectivity index (χ1) is 9.49. The first-order valence-corrected chi connectivity index (χ1v) is 7.10. The Morgan fingerprint density at radius 1 is 1.40 bits per heavy atom. The van der Waals surface area contributed by atoms with E-state index in [9.17, 15) is 9.59 Å². The summed E-state index contributed by atoms with van der Waals surface area (Å²) in [5.41, 5.74) is 1.61. The lowest BCUT2D eigenvalue weighted by Gasteiger charge is -2.20. The highest BCUT2D eigenvalue weighted by Crippen LogP contribution is 2.48. The van der Waals surface area contributed by atoms with Crippen LogP contribution in [0.5, 0.6) is 0 Å². The molecule has 2 rings (SSSR count). The summed E-state index contributed by atoms with van der Waals surface area (Å²) >= 11 is 0. The van der Waals surface area contributed by atoms with Crippen molar-refractivity contribution in [2.75, 3.05) is 0 Å². The Balaban J connectivity index is 2.14. The average Bonchev–Trinajstić information content (AvgIpc) is 3.19. The van der Waals surface area contributed by atoms with Crippen LogP contribution in [0.4, 0.5) is 0 Å². The van der Waals surface area contributed by atoms with E-state index in [1.54, 1.807) is 0 Å². The fraction of sp³-hybridized carbons (Fsp3) is 0.500. The van der Waals surface area contributed by atoms with E-state index in [1.807, 2.05) is 38.1 Å². The van der Waals surface area contributed by atoms with Gasteiger partial charge in [0.1, 0.15) is 6.04 Å². The van der Waals surface area contributed by atoms with Gasteiger partial charge in [0.2, 0.25) is 5.91 Å². The van der Waals surface area contributed by atoms with Crippen LogP contribution in [-0.4, -0.2) is 23.0 Å². The fourth-order valence-electron chi connectivity index (χ4n) is 2.56. The Bertz CT molecular complexity index is 520. The molecule has 0 aliphatic heterocycles. The molecule has 1 unspecified atom stereocenters. The number of aryl methyl sites for hydroxylation is 1. The summed E-state index contributed by atoms with van der Waals surface area (Å²) in [6.45, 7) is 3.91. The highest BCUT2D eigenvalue weighted by molar-refractivity contribution is 5.94. The molecule has 0 saturated heterocycles. The van der Waals surface area contributed by atoms with Crippen molar-refractivity contribution in [3.63, 3.8) is 0 Å². The molecule has 108 valence electrons. The second kappa shape index (κ2) is 5.65. The minimum atomic E-state index is -0.958. The number of nitrogens with one attached hydrogen (secondary N) is 1. The predicted octanol–water partition coefficient (Wildman–Crippen LogP) is 2.40. The fourth-order valence-corrected chi connectivity index (χ4v) is 2.56. The summed E-state index contributed by atoms with van der Waals surface area (Å²) in [7, 11) is 0. The van der Waals surface area contributed by atoms with Gasteiger partial charge in [-0.3, -0.25) is 4.79 Å². The molecule has 4 heteroatoms. The SMILES string of the molecule is CCCC(NC(=O)C1(c2cccc(C)c2)CC1)C(=O)O. The van der Waals surface area contributed by atoms with Gasteiger partial charge in [-0.2, -0.15) is 0 Å². The van der Waals surface area contributed by atoms with Crippen molar-refractivity contribution in [2.24, 2.45) is 0 Å².